The predicted octanol–water partition coefficient (Wildman–Crippen LogP) is 1.64. The van der Waals surface area contributed by atoms with E-state index >= 15 is 0 Å². The van der Waals surface area contributed by atoms with Crippen LogP contribution in [-0.2, 0) is 6.67 Å². The minimum atomic E-state index is 0.819. The monoisotopic (exact) mass is 206 g/mol. The van der Waals surface area contributed by atoms with Gasteiger partial charge in [0.2, 0.25) is 0 Å². The van der Waals surface area contributed by atoms with Crippen LogP contribution in [0.1, 0.15) is 38.5 Å². The molecule has 3 rings (SSSR count). The topological polar surface area (TPSA) is 34.0 Å². The molecule has 0 amide bonds. The summed E-state index contributed by atoms with van der Waals surface area (Å²) in [5, 5.41) is 7.74. The first-order valence-electron chi connectivity index (χ1n) is 6.01. The summed E-state index contributed by atoms with van der Waals surface area (Å²) in [6, 6.07) is 1.66. The van der Waals surface area contributed by atoms with Crippen LogP contribution in [0.5, 0.6) is 0 Å². The van der Waals surface area contributed by atoms with Gasteiger partial charge < -0.3 is 4.57 Å². The zero-order chi connectivity index (χ0) is 10.1. The van der Waals surface area contributed by atoms with E-state index in [4.69, 9.17) is 0 Å². The Morgan fingerprint density at radius 3 is 2.20 bits per heavy atom. The fourth-order valence-corrected chi connectivity index (χ4v) is 2.65. The van der Waals surface area contributed by atoms with Crippen LogP contribution in [-0.4, -0.2) is 31.7 Å². The Kier molecular flexibility index (Phi) is 2.44. The third-order valence-electron chi connectivity index (χ3n) is 3.60. The largest absolute Gasteiger partial charge is 0.306 e. The summed E-state index contributed by atoms with van der Waals surface area (Å²) in [6.07, 6.45) is 12.0. The van der Waals surface area contributed by atoms with E-state index in [2.05, 4.69) is 19.7 Å². The molecule has 1 heterocycles. The smallest absolute Gasteiger partial charge is 0.120 e. The number of hydrogen-bond donors (Lipinski definition) is 0. The van der Waals surface area contributed by atoms with Crippen LogP contribution in [0.4, 0.5) is 0 Å². The summed E-state index contributed by atoms with van der Waals surface area (Å²) >= 11 is 0. The van der Waals surface area contributed by atoms with Gasteiger partial charge in [-0.15, -0.1) is 10.2 Å². The second-order valence-corrected chi connectivity index (χ2v) is 4.80. The van der Waals surface area contributed by atoms with Crippen LogP contribution in [0.3, 0.4) is 0 Å². The Labute approximate surface area is 90.3 Å². The molecule has 0 atom stereocenters. The van der Waals surface area contributed by atoms with Gasteiger partial charge >= 0.3 is 0 Å². The summed E-state index contributed by atoms with van der Waals surface area (Å²) < 4.78 is 2.09. The fraction of sp³-hybridized carbons (Fsp3) is 0.818. The molecule has 15 heavy (non-hydrogen) atoms. The van der Waals surface area contributed by atoms with E-state index < -0.39 is 0 Å². The Balaban J connectivity index is 1.67. The molecular formula is C11H18N4. The molecule has 0 bridgehead atoms. The van der Waals surface area contributed by atoms with Gasteiger partial charge in [-0.3, -0.25) is 4.90 Å². The molecule has 1 aromatic heterocycles. The van der Waals surface area contributed by atoms with E-state index in [0.29, 0.717) is 0 Å². The lowest BCUT2D eigenvalue weighted by Crippen LogP contribution is -2.36. The zero-order valence-corrected chi connectivity index (χ0v) is 9.05. The summed E-state index contributed by atoms with van der Waals surface area (Å²) in [4.78, 5) is 2.66. The second kappa shape index (κ2) is 3.93. The molecule has 2 aliphatic carbocycles. The molecule has 82 valence electrons. The van der Waals surface area contributed by atoms with Crippen molar-refractivity contribution in [3.8, 4) is 0 Å². The minimum Gasteiger partial charge on any atom is -0.306 e. The lowest BCUT2D eigenvalue weighted by Gasteiger charge is -2.28. The minimum absolute atomic E-state index is 0.819. The van der Waals surface area contributed by atoms with Gasteiger partial charge in [0.15, 0.2) is 0 Å². The lowest BCUT2D eigenvalue weighted by atomic mass is 10.2. The first kappa shape index (κ1) is 9.33. The van der Waals surface area contributed by atoms with Gasteiger partial charge in [0.05, 0.1) is 6.67 Å². The predicted molar refractivity (Wildman–Crippen MR) is 57.1 cm³/mol. The van der Waals surface area contributed by atoms with Crippen molar-refractivity contribution >= 4 is 0 Å². The van der Waals surface area contributed by atoms with Crippen molar-refractivity contribution < 1.29 is 0 Å². The van der Waals surface area contributed by atoms with E-state index in [-0.39, 0.29) is 0 Å². The highest BCUT2D eigenvalue weighted by Crippen LogP contribution is 2.34. The van der Waals surface area contributed by atoms with Crippen LogP contribution in [0.2, 0.25) is 0 Å². The summed E-state index contributed by atoms with van der Waals surface area (Å²) in [5.41, 5.74) is 0. The highest BCUT2D eigenvalue weighted by atomic mass is 15.3. The molecule has 0 unspecified atom stereocenters. The van der Waals surface area contributed by atoms with Gasteiger partial charge in [0.25, 0.3) is 0 Å². The maximum atomic E-state index is 3.87. The van der Waals surface area contributed by atoms with E-state index in [1.54, 1.807) is 0 Å². The first-order valence-corrected chi connectivity index (χ1v) is 6.01. The maximum Gasteiger partial charge on any atom is 0.120 e. The van der Waals surface area contributed by atoms with Crippen molar-refractivity contribution in [2.24, 2.45) is 0 Å². The van der Waals surface area contributed by atoms with E-state index in [0.717, 1.165) is 18.8 Å². The second-order valence-electron chi connectivity index (χ2n) is 4.80. The Morgan fingerprint density at radius 2 is 1.60 bits per heavy atom. The van der Waals surface area contributed by atoms with Crippen LogP contribution in [0, 0.1) is 0 Å². The summed E-state index contributed by atoms with van der Waals surface area (Å²) in [5.74, 6) is 0. The standard InChI is InChI=1S/C11H18N4/c1-2-4-10(3-1)15(11-5-6-11)9-14-7-12-13-8-14/h7-8,10-11H,1-6,9H2. The van der Waals surface area contributed by atoms with Crippen molar-refractivity contribution in [1.82, 2.24) is 19.7 Å². The van der Waals surface area contributed by atoms with Gasteiger partial charge in [-0.25, -0.2) is 0 Å². The normalized spacial score (nSPS) is 22.7. The van der Waals surface area contributed by atoms with Gasteiger partial charge in [-0.1, -0.05) is 12.8 Å². The fourth-order valence-electron chi connectivity index (χ4n) is 2.65. The highest BCUT2D eigenvalue weighted by molar-refractivity contribution is 4.89. The van der Waals surface area contributed by atoms with E-state index in [9.17, 15) is 0 Å². The molecule has 0 spiro atoms. The first-order chi connectivity index (χ1) is 7.43. The molecule has 0 N–H and O–H groups in total. The number of nitrogens with zero attached hydrogens (tertiary/aromatic N) is 4. The van der Waals surface area contributed by atoms with Crippen LogP contribution >= 0.6 is 0 Å². The highest BCUT2D eigenvalue weighted by Gasteiger charge is 2.35. The van der Waals surface area contributed by atoms with Crippen molar-refractivity contribution in [2.45, 2.75) is 57.3 Å². The molecule has 1 aromatic rings. The lowest BCUT2D eigenvalue weighted by molar-refractivity contribution is 0.143. The van der Waals surface area contributed by atoms with Gasteiger partial charge in [-0.2, -0.15) is 0 Å². The van der Waals surface area contributed by atoms with Crippen LogP contribution in [0.15, 0.2) is 12.7 Å². The van der Waals surface area contributed by atoms with Gasteiger partial charge in [0.1, 0.15) is 12.7 Å². The summed E-state index contributed by atoms with van der Waals surface area (Å²) in [7, 11) is 0. The molecule has 4 nitrogen and oxygen atoms in total. The molecule has 2 aliphatic rings. The van der Waals surface area contributed by atoms with Crippen LogP contribution in [0.25, 0.3) is 0 Å². The number of hydrogen-bond acceptors (Lipinski definition) is 3. The van der Waals surface area contributed by atoms with Crippen molar-refractivity contribution in [2.75, 3.05) is 0 Å². The quantitative estimate of drug-likeness (QED) is 0.751. The molecule has 0 radical (unpaired) electrons. The number of aromatic nitrogens is 3. The average molecular weight is 206 g/mol. The van der Waals surface area contributed by atoms with E-state index in [1.807, 2.05) is 12.7 Å². The Morgan fingerprint density at radius 1 is 1.00 bits per heavy atom. The van der Waals surface area contributed by atoms with E-state index in [1.165, 1.54) is 38.5 Å². The maximum absolute atomic E-state index is 3.87. The Bertz CT molecular complexity index is 298. The zero-order valence-electron chi connectivity index (χ0n) is 9.05. The average Bonchev–Trinajstić information content (AvgIpc) is 2.78. The molecule has 2 saturated carbocycles. The third-order valence-corrected chi connectivity index (χ3v) is 3.60. The molecule has 0 saturated heterocycles. The molecule has 0 aliphatic heterocycles. The molecule has 2 fully saturated rings. The van der Waals surface area contributed by atoms with Crippen molar-refractivity contribution in [3.05, 3.63) is 12.7 Å². The molecule has 0 aromatic carbocycles. The van der Waals surface area contributed by atoms with Crippen molar-refractivity contribution in [3.63, 3.8) is 0 Å². The SMILES string of the molecule is c1nncn1CN(C1CCCC1)C1CC1. The summed E-state index contributed by atoms with van der Waals surface area (Å²) in [6.45, 7) is 0.988. The third kappa shape index (κ3) is 2.04. The van der Waals surface area contributed by atoms with Gasteiger partial charge in [-0.05, 0) is 25.7 Å². The molecule has 4 heteroatoms. The van der Waals surface area contributed by atoms with Crippen LogP contribution < -0.4 is 0 Å². The molecular weight excluding hydrogens is 188 g/mol. The van der Waals surface area contributed by atoms with Crippen molar-refractivity contribution in [1.29, 1.82) is 0 Å². The number of rotatable bonds is 4. The Hall–Kier alpha value is -0.900. The van der Waals surface area contributed by atoms with Gasteiger partial charge in [0, 0.05) is 12.1 Å².